The highest BCUT2D eigenvalue weighted by atomic mass is 35.5. The Morgan fingerprint density at radius 2 is 1.85 bits per heavy atom. The fourth-order valence-electron chi connectivity index (χ4n) is 2.61. The van der Waals surface area contributed by atoms with Crippen molar-refractivity contribution in [3.05, 3.63) is 21.3 Å². The number of thiophene rings is 1. The van der Waals surface area contributed by atoms with E-state index in [-0.39, 0.29) is 11.8 Å². The van der Waals surface area contributed by atoms with Crippen LogP contribution in [0, 0.1) is 5.92 Å². The van der Waals surface area contributed by atoms with Crippen molar-refractivity contribution < 1.29 is 4.79 Å². The van der Waals surface area contributed by atoms with Gasteiger partial charge in [0.1, 0.15) is 0 Å². The average Bonchev–Trinajstić information content (AvgIpc) is 2.83. The molecule has 1 aromatic rings. The van der Waals surface area contributed by atoms with Gasteiger partial charge in [-0.05, 0) is 37.8 Å². The third kappa shape index (κ3) is 4.57. The lowest BCUT2D eigenvalue weighted by Gasteiger charge is -2.36. The Morgan fingerprint density at radius 3 is 2.25 bits per heavy atom. The topological polar surface area (TPSA) is 20.3 Å². The van der Waals surface area contributed by atoms with Gasteiger partial charge in [-0.3, -0.25) is 9.69 Å². The maximum Gasteiger partial charge on any atom is 0.189 e. The van der Waals surface area contributed by atoms with E-state index in [0.29, 0.717) is 16.3 Å². The summed E-state index contributed by atoms with van der Waals surface area (Å²) in [6.45, 7) is 11.8. The van der Waals surface area contributed by atoms with E-state index >= 15 is 0 Å². The molecule has 0 aliphatic heterocycles. The molecule has 1 atom stereocenters. The first-order valence-electron chi connectivity index (χ1n) is 7.45. The summed E-state index contributed by atoms with van der Waals surface area (Å²) in [6.07, 6.45) is 2.15. The number of nitrogens with zero attached hydrogens (tertiary/aromatic N) is 1. The molecule has 4 heteroatoms. The summed E-state index contributed by atoms with van der Waals surface area (Å²) >= 11 is 7.32. The number of rotatable bonds is 8. The molecule has 114 valence electrons. The molecule has 0 aromatic carbocycles. The van der Waals surface area contributed by atoms with Gasteiger partial charge in [0.25, 0.3) is 0 Å². The Kier molecular flexibility index (Phi) is 7.21. The van der Waals surface area contributed by atoms with Gasteiger partial charge < -0.3 is 0 Å². The quantitative estimate of drug-likeness (QED) is 0.621. The van der Waals surface area contributed by atoms with E-state index in [9.17, 15) is 4.79 Å². The van der Waals surface area contributed by atoms with Crippen LogP contribution < -0.4 is 0 Å². The molecular formula is C16H26ClNOS. The number of hydrogen-bond acceptors (Lipinski definition) is 3. The Labute approximate surface area is 132 Å². The van der Waals surface area contributed by atoms with Crippen LogP contribution in [-0.2, 0) is 0 Å². The van der Waals surface area contributed by atoms with Crippen LogP contribution in [0.25, 0.3) is 0 Å². The monoisotopic (exact) mass is 315 g/mol. The van der Waals surface area contributed by atoms with Gasteiger partial charge in [-0.1, -0.05) is 39.3 Å². The second-order valence-corrected chi connectivity index (χ2v) is 7.42. The average molecular weight is 316 g/mol. The molecule has 20 heavy (non-hydrogen) atoms. The minimum Gasteiger partial charge on any atom is -0.291 e. The van der Waals surface area contributed by atoms with Crippen molar-refractivity contribution in [1.82, 2.24) is 4.90 Å². The van der Waals surface area contributed by atoms with E-state index in [1.165, 1.54) is 11.3 Å². The molecule has 0 saturated carbocycles. The fourth-order valence-corrected chi connectivity index (χ4v) is 3.67. The Balaban J connectivity index is 2.91. The Bertz CT molecular complexity index is 426. The van der Waals surface area contributed by atoms with Crippen molar-refractivity contribution in [2.75, 3.05) is 6.54 Å². The van der Waals surface area contributed by atoms with Crippen molar-refractivity contribution in [3.63, 3.8) is 0 Å². The zero-order valence-corrected chi connectivity index (χ0v) is 14.7. The van der Waals surface area contributed by atoms with E-state index in [2.05, 4.69) is 32.6 Å². The molecule has 0 fully saturated rings. The van der Waals surface area contributed by atoms with Crippen LogP contribution in [-0.4, -0.2) is 29.3 Å². The highest BCUT2D eigenvalue weighted by Gasteiger charge is 2.28. The Morgan fingerprint density at radius 1 is 1.25 bits per heavy atom. The maximum absolute atomic E-state index is 12.6. The van der Waals surface area contributed by atoms with Gasteiger partial charge in [0, 0.05) is 12.6 Å². The molecule has 1 heterocycles. The van der Waals surface area contributed by atoms with Crippen molar-refractivity contribution in [3.8, 4) is 0 Å². The van der Waals surface area contributed by atoms with Crippen LogP contribution in [0.5, 0.6) is 0 Å². The number of carbonyl (C=O) groups is 1. The maximum atomic E-state index is 12.6. The van der Waals surface area contributed by atoms with Gasteiger partial charge in [0.15, 0.2) is 5.78 Å². The number of halogens is 1. The van der Waals surface area contributed by atoms with Crippen LogP contribution in [0.4, 0.5) is 0 Å². The molecule has 0 aliphatic carbocycles. The predicted molar refractivity (Wildman–Crippen MR) is 89.0 cm³/mol. The number of ketones is 1. The third-order valence-corrected chi connectivity index (χ3v) is 4.93. The van der Waals surface area contributed by atoms with Gasteiger partial charge >= 0.3 is 0 Å². The summed E-state index contributed by atoms with van der Waals surface area (Å²) < 4.78 is 0.679. The summed E-state index contributed by atoms with van der Waals surface area (Å²) in [7, 11) is 0. The predicted octanol–water partition coefficient (Wildman–Crippen LogP) is 5.12. The highest BCUT2D eigenvalue weighted by Crippen LogP contribution is 2.25. The first kappa shape index (κ1) is 17.7. The van der Waals surface area contributed by atoms with Gasteiger partial charge in [0.2, 0.25) is 0 Å². The molecule has 1 aromatic heterocycles. The van der Waals surface area contributed by atoms with Crippen LogP contribution >= 0.6 is 22.9 Å². The highest BCUT2D eigenvalue weighted by molar-refractivity contribution is 7.18. The molecule has 0 spiro atoms. The molecule has 0 radical (unpaired) electrons. The molecule has 1 unspecified atom stereocenters. The van der Waals surface area contributed by atoms with Gasteiger partial charge in [0.05, 0.1) is 15.3 Å². The fraction of sp³-hybridized carbons (Fsp3) is 0.688. The molecule has 0 saturated heterocycles. The van der Waals surface area contributed by atoms with Crippen LogP contribution in [0.2, 0.25) is 4.34 Å². The van der Waals surface area contributed by atoms with E-state index in [0.717, 1.165) is 24.3 Å². The lowest BCUT2D eigenvalue weighted by atomic mass is 10.0. The number of Topliss-reactive ketones (excluding diaryl/α,β-unsaturated/α-hetero) is 1. The SMILES string of the molecule is CCC(CC)N(CC(C)C)C(C)C(=O)c1ccc(Cl)s1. The standard InChI is InChI=1S/C16H26ClNOS/c1-6-13(7-2)18(10-11(3)4)12(5)16(19)14-8-9-15(17)20-14/h8-9,11-13H,6-7,10H2,1-5H3. The summed E-state index contributed by atoms with van der Waals surface area (Å²) in [4.78, 5) is 15.8. The van der Waals surface area contributed by atoms with Crippen molar-refractivity contribution in [1.29, 1.82) is 0 Å². The largest absolute Gasteiger partial charge is 0.291 e. The minimum atomic E-state index is -0.0861. The molecular weight excluding hydrogens is 290 g/mol. The van der Waals surface area contributed by atoms with Crippen molar-refractivity contribution in [2.24, 2.45) is 5.92 Å². The van der Waals surface area contributed by atoms with E-state index < -0.39 is 0 Å². The molecule has 1 rings (SSSR count). The number of hydrogen-bond donors (Lipinski definition) is 0. The second-order valence-electron chi connectivity index (χ2n) is 5.70. The summed E-state index contributed by atoms with van der Waals surface area (Å²) in [5.41, 5.74) is 0. The van der Waals surface area contributed by atoms with Crippen LogP contribution in [0.15, 0.2) is 12.1 Å². The zero-order chi connectivity index (χ0) is 15.3. The molecule has 0 N–H and O–H groups in total. The smallest absolute Gasteiger partial charge is 0.189 e. The molecule has 2 nitrogen and oxygen atoms in total. The lowest BCUT2D eigenvalue weighted by Crippen LogP contribution is -2.47. The summed E-state index contributed by atoms with van der Waals surface area (Å²) in [5, 5.41) is 0. The second kappa shape index (κ2) is 8.16. The van der Waals surface area contributed by atoms with Gasteiger partial charge in [-0.2, -0.15) is 0 Å². The number of carbonyl (C=O) groups excluding carboxylic acids is 1. The lowest BCUT2D eigenvalue weighted by molar-refractivity contribution is 0.0715. The van der Waals surface area contributed by atoms with E-state index in [1.807, 2.05) is 13.0 Å². The van der Waals surface area contributed by atoms with Crippen LogP contribution in [0.3, 0.4) is 0 Å². The zero-order valence-electron chi connectivity index (χ0n) is 13.1. The van der Waals surface area contributed by atoms with E-state index in [1.54, 1.807) is 6.07 Å². The third-order valence-electron chi connectivity index (χ3n) is 3.68. The summed E-state index contributed by atoms with van der Waals surface area (Å²) in [6, 6.07) is 4.02. The van der Waals surface area contributed by atoms with E-state index in [4.69, 9.17) is 11.6 Å². The first-order valence-corrected chi connectivity index (χ1v) is 8.65. The van der Waals surface area contributed by atoms with Crippen molar-refractivity contribution in [2.45, 2.75) is 59.5 Å². The molecule has 0 bridgehead atoms. The molecule has 0 aliphatic rings. The van der Waals surface area contributed by atoms with Gasteiger partial charge in [-0.15, -0.1) is 11.3 Å². The minimum absolute atomic E-state index is 0.0861. The molecule has 0 amide bonds. The van der Waals surface area contributed by atoms with Gasteiger partial charge in [-0.25, -0.2) is 0 Å². The summed E-state index contributed by atoms with van der Waals surface area (Å²) in [5.74, 6) is 0.743. The Hall–Kier alpha value is -0.380. The first-order chi connectivity index (χ1) is 9.40. The normalized spacial score (nSPS) is 13.4. The van der Waals surface area contributed by atoms with Crippen molar-refractivity contribution >= 4 is 28.7 Å². The van der Waals surface area contributed by atoms with Crippen LogP contribution in [0.1, 0.15) is 57.1 Å².